The molecule has 57 heavy (non-hydrogen) atoms. The Labute approximate surface area is 332 Å². The minimum Gasteiger partial charge on any atom is -0.455 e. The van der Waals surface area contributed by atoms with Crippen molar-refractivity contribution >= 4 is 51.5 Å². The van der Waals surface area contributed by atoms with Crippen LogP contribution in [0.1, 0.15) is 29.0 Å². The zero-order chi connectivity index (χ0) is 37.7. The van der Waals surface area contributed by atoms with E-state index >= 15 is 0 Å². The summed E-state index contributed by atoms with van der Waals surface area (Å²) >= 11 is 0. The van der Waals surface area contributed by atoms with E-state index in [2.05, 4.69) is 209 Å². The van der Waals surface area contributed by atoms with Crippen LogP contribution in [0.15, 0.2) is 205 Å². The van der Waals surface area contributed by atoms with Crippen molar-refractivity contribution in [3.8, 4) is 28.3 Å². The van der Waals surface area contributed by atoms with Gasteiger partial charge in [0.15, 0.2) is 0 Å². The molecule has 2 aliphatic rings. The van der Waals surface area contributed by atoms with E-state index in [0.717, 1.165) is 50.8 Å². The largest absolute Gasteiger partial charge is 0.455 e. The van der Waals surface area contributed by atoms with Crippen LogP contribution in [0, 0.1) is 0 Å². The normalized spacial score (nSPS) is 17.3. The highest BCUT2D eigenvalue weighted by Crippen LogP contribution is 2.48. The second-order valence-corrected chi connectivity index (χ2v) is 16.6. The van der Waals surface area contributed by atoms with Crippen molar-refractivity contribution in [1.29, 1.82) is 0 Å². The summed E-state index contributed by atoms with van der Waals surface area (Å²) in [5.74, 6) is 2.72. The van der Waals surface area contributed by atoms with Gasteiger partial charge in [-0.15, -0.1) is 0 Å². The minimum absolute atomic E-state index is 0.174. The molecule has 1 aromatic heterocycles. The molecule has 0 saturated carbocycles. The topological polar surface area (TPSA) is 50.6 Å². The molecule has 9 aromatic rings. The molecule has 11 rings (SSSR count). The molecule has 0 fully saturated rings. The van der Waals surface area contributed by atoms with Crippen molar-refractivity contribution in [3.63, 3.8) is 0 Å². The third kappa shape index (κ3) is 5.91. The van der Waals surface area contributed by atoms with E-state index < -0.39 is 7.92 Å². The Morgan fingerprint density at radius 3 is 1.86 bits per heavy atom. The highest BCUT2D eigenvalue weighted by atomic mass is 31.1. The van der Waals surface area contributed by atoms with Gasteiger partial charge in [-0.3, -0.25) is 5.32 Å². The smallest absolute Gasteiger partial charge is 0.143 e. The van der Waals surface area contributed by atoms with Gasteiger partial charge in [-0.1, -0.05) is 158 Å². The lowest BCUT2D eigenvalue weighted by atomic mass is 10.0. The van der Waals surface area contributed by atoms with E-state index in [1.807, 2.05) is 6.07 Å². The number of hydrogen-bond donors (Lipinski definition) is 2. The van der Waals surface area contributed by atoms with Gasteiger partial charge in [-0.05, 0) is 72.4 Å². The van der Waals surface area contributed by atoms with Crippen molar-refractivity contribution in [2.24, 2.45) is 4.99 Å². The van der Waals surface area contributed by atoms with Crippen LogP contribution < -0.4 is 31.3 Å². The Hall–Kier alpha value is -6.78. The molecule has 6 heteroatoms. The van der Waals surface area contributed by atoms with Crippen LogP contribution >= 0.6 is 7.92 Å². The molecule has 272 valence electrons. The number of nitrogens with zero attached hydrogens (tertiary/aromatic N) is 2. The van der Waals surface area contributed by atoms with E-state index in [1.54, 1.807) is 0 Å². The van der Waals surface area contributed by atoms with Gasteiger partial charge in [0.05, 0.1) is 11.0 Å². The fourth-order valence-corrected chi connectivity index (χ4v) is 10.8. The fourth-order valence-electron chi connectivity index (χ4n) is 8.37. The van der Waals surface area contributed by atoms with Crippen LogP contribution in [0.5, 0.6) is 11.5 Å². The third-order valence-corrected chi connectivity index (χ3v) is 13.6. The molecule has 0 bridgehead atoms. The minimum atomic E-state index is -0.765. The lowest BCUT2D eigenvalue weighted by molar-refractivity contribution is 0.409. The maximum absolute atomic E-state index is 6.74. The monoisotopic (exact) mass is 752 g/mol. The summed E-state index contributed by atoms with van der Waals surface area (Å²) < 4.78 is 9.08. The number of ether oxygens (including phenoxy) is 1. The quantitative estimate of drug-likeness (QED) is 0.166. The Morgan fingerprint density at radius 2 is 1.12 bits per heavy atom. The van der Waals surface area contributed by atoms with E-state index in [0.29, 0.717) is 0 Å². The molecule has 0 aliphatic carbocycles. The van der Waals surface area contributed by atoms with Crippen LogP contribution in [-0.4, -0.2) is 10.4 Å². The van der Waals surface area contributed by atoms with E-state index in [-0.39, 0.29) is 12.3 Å². The van der Waals surface area contributed by atoms with Gasteiger partial charge in [-0.2, -0.15) is 0 Å². The number of para-hydroxylation sites is 4. The van der Waals surface area contributed by atoms with E-state index in [9.17, 15) is 0 Å². The maximum Gasteiger partial charge on any atom is 0.143 e. The molecular formula is C51H37N4OP. The summed E-state index contributed by atoms with van der Waals surface area (Å²) in [7, 11) is -0.765. The number of benzene rings is 8. The number of amidine groups is 1. The van der Waals surface area contributed by atoms with Gasteiger partial charge in [0, 0.05) is 38.2 Å². The van der Waals surface area contributed by atoms with Gasteiger partial charge in [0.1, 0.15) is 29.7 Å². The first-order valence-electron chi connectivity index (χ1n) is 19.4. The van der Waals surface area contributed by atoms with Crippen molar-refractivity contribution in [1.82, 2.24) is 15.2 Å². The van der Waals surface area contributed by atoms with Gasteiger partial charge >= 0.3 is 0 Å². The molecular weight excluding hydrogens is 716 g/mol. The highest BCUT2D eigenvalue weighted by Gasteiger charge is 2.31. The highest BCUT2D eigenvalue weighted by molar-refractivity contribution is 7.80. The summed E-state index contributed by atoms with van der Waals surface area (Å²) in [5, 5.41) is 13.8. The number of aliphatic imine (C=N–C) groups is 1. The first kappa shape index (κ1) is 33.5. The van der Waals surface area contributed by atoms with Crippen molar-refractivity contribution < 1.29 is 4.74 Å². The molecule has 3 atom stereocenters. The lowest BCUT2D eigenvalue weighted by Crippen LogP contribution is -2.44. The lowest BCUT2D eigenvalue weighted by Gasteiger charge is -2.32. The first-order valence-corrected chi connectivity index (χ1v) is 20.7. The molecule has 3 heterocycles. The molecule has 2 aliphatic heterocycles. The van der Waals surface area contributed by atoms with Gasteiger partial charge in [0.25, 0.3) is 0 Å². The van der Waals surface area contributed by atoms with Crippen LogP contribution in [0.2, 0.25) is 0 Å². The predicted octanol–water partition coefficient (Wildman–Crippen LogP) is 10.7. The molecule has 3 unspecified atom stereocenters. The standard InChI is InChI=1S/C51H37N4OP/c1-3-14-35(15-4-1)49-52-50(54-51(53-49)37-30-32-38(33-31-37)55-43-21-9-7-18-41(43)42-19-8-10-22-44(42)55)36-28-26-34(27-29-36)40-20-13-25-47-48(40)56-45-23-11-12-24-46(45)57(47)39-16-5-2-6-17-39/h1-33,49-50,52H,(H,53,54). The Balaban J connectivity index is 0.927. The average molecular weight is 753 g/mol. The number of aromatic nitrogens is 1. The summed E-state index contributed by atoms with van der Waals surface area (Å²) in [5.41, 5.74) is 8.98. The molecule has 0 amide bonds. The third-order valence-electron chi connectivity index (χ3n) is 11.1. The van der Waals surface area contributed by atoms with E-state index in [1.165, 1.54) is 37.7 Å². The van der Waals surface area contributed by atoms with Crippen LogP contribution in [0.25, 0.3) is 38.6 Å². The Kier molecular flexibility index (Phi) is 8.28. The second-order valence-electron chi connectivity index (χ2n) is 14.5. The summed E-state index contributed by atoms with van der Waals surface area (Å²) in [6, 6.07) is 71.2. The summed E-state index contributed by atoms with van der Waals surface area (Å²) in [6.07, 6.45) is -0.400. The van der Waals surface area contributed by atoms with Crippen molar-refractivity contribution in [2.45, 2.75) is 12.3 Å². The Morgan fingerprint density at radius 1 is 0.509 bits per heavy atom. The predicted molar refractivity (Wildman–Crippen MR) is 236 cm³/mol. The number of nitrogens with one attached hydrogen (secondary N) is 2. The maximum atomic E-state index is 6.74. The second kappa shape index (κ2) is 14.1. The van der Waals surface area contributed by atoms with Crippen LogP contribution in [0.4, 0.5) is 0 Å². The number of hydrogen-bond acceptors (Lipinski definition) is 4. The van der Waals surface area contributed by atoms with Crippen LogP contribution in [0.3, 0.4) is 0 Å². The first-order chi connectivity index (χ1) is 28.3. The summed E-state index contributed by atoms with van der Waals surface area (Å²) in [4.78, 5) is 5.23. The molecule has 0 radical (unpaired) electrons. The molecule has 0 spiro atoms. The molecule has 8 aromatic carbocycles. The van der Waals surface area contributed by atoms with Crippen LogP contribution in [-0.2, 0) is 0 Å². The van der Waals surface area contributed by atoms with Crippen molar-refractivity contribution in [2.75, 3.05) is 0 Å². The molecule has 5 nitrogen and oxygen atoms in total. The average Bonchev–Trinajstić information content (AvgIpc) is 3.63. The zero-order valence-electron chi connectivity index (χ0n) is 31.0. The van der Waals surface area contributed by atoms with Gasteiger partial charge in [0.2, 0.25) is 0 Å². The zero-order valence-corrected chi connectivity index (χ0v) is 31.9. The number of rotatable bonds is 6. The van der Waals surface area contributed by atoms with Gasteiger partial charge in [-0.25, -0.2) is 4.99 Å². The SMILES string of the molecule is c1ccc(C2N=C(c3ccc(-n4c5ccccc5c5ccccc54)cc3)NC(c3ccc(-c4cccc5c4Oc4ccccc4P5c4ccccc4)cc3)N2)cc1. The summed E-state index contributed by atoms with van der Waals surface area (Å²) in [6.45, 7) is 0. The Bertz CT molecular complexity index is 2890. The van der Waals surface area contributed by atoms with Gasteiger partial charge < -0.3 is 14.6 Å². The number of fused-ring (bicyclic) bond motifs is 5. The molecule has 0 saturated heterocycles. The van der Waals surface area contributed by atoms with E-state index in [4.69, 9.17) is 9.73 Å². The van der Waals surface area contributed by atoms with Crippen molar-refractivity contribution in [3.05, 3.63) is 217 Å². The molecule has 2 N–H and O–H groups in total. The fraction of sp³-hybridized carbons (Fsp3) is 0.0392.